The summed E-state index contributed by atoms with van der Waals surface area (Å²) in [6.45, 7) is 4.13. The second-order valence-electron chi connectivity index (χ2n) is 8.27. The molecule has 1 aromatic heterocycles. The molecule has 0 fully saturated rings. The Bertz CT molecular complexity index is 1510. The summed E-state index contributed by atoms with van der Waals surface area (Å²) < 4.78 is 17.6. The van der Waals surface area contributed by atoms with Crippen LogP contribution < -0.4 is 24.8 Å². The standard InChI is InChI=1S/C28H26N6O3/c1-5-17(2)31-24-14-25(34-28(33-24)32-21-9-6-18(15-29)7-10-21)37-27-23(35-3)13-20-12-19(16-30)8-11-22(20)26(27)36-4/h6-14,17H,5H2,1-4H3,(H2,31,32,33,34). The summed E-state index contributed by atoms with van der Waals surface area (Å²) in [5.74, 6) is 2.38. The van der Waals surface area contributed by atoms with Gasteiger partial charge in [-0.2, -0.15) is 20.5 Å². The third-order valence-corrected chi connectivity index (χ3v) is 5.75. The van der Waals surface area contributed by atoms with Gasteiger partial charge >= 0.3 is 0 Å². The van der Waals surface area contributed by atoms with Crippen LogP contribution in [0.15, 0.2) is 54.6 Å². The SMILES string of the molecule is CCC(C)Nc1cc(Oc2c(OC)cc3cc(C#N)ccc3c2OC)nc(Nc2ccc(C#N)cc2)n1. The van der Waals surface area contributed by atoms with E-state index in [9.17, 15) is 5.26 Å². The van der Waals surface area contributed by atoms with E-state index in [4.69, 9.17) is 19.5 Å². The van der Waals surface area contributed by atoms with Crippen LogP contribution in [0.5, 0.6) is 23.1 Å². The summed E-state index contributed by atoms with van der Waals surface area (Å²) in [5.41, 5.74) is 1.81. The predicted octanol–water partition coefficient (Wildman–Crippen LogP) is 6.14. The van der Waals surface area contributed by atoms with E-state index in [-0.39, 0.29) is 11.9 Å². The zero-order valence-corrected chi connectivity index (χ0v) is 21.0. The van der Waals surface area contributed by atoms with Crippen LogP contribution in [0.1, 0.15) is 31.4 Å². The van der Waals surface area contributed by atoms with E-state index >= 15 is 0 Å². The van der Waals surface area contributed by atoms with Crippen molar-refractivity contribution in [1.29, 1.82) is 10.5 Å². The number of nitriles is 2. The first kappa shape index (κ1) is 25.1. The van der Waals surface area contributed by atoms with E-state index in [0.29, 0.717) is 40.1 Å². The molecule has 4 aromatic rings. The molecule has 0 aliphatic carbocycles. The molecule has 9 heteroatoms. The van der Waals surface area contributed by atoms with Gasteiger partial charge in [-0.3, -0.25) is 0 Å². The number of anilines is 3. The maximum atomic E-state index is 9.29. The molecular weight excluding hydrogens is 468 g/mol. The first-order valence-electron chi connectivity index (χ1n) is 11.7. The number of aromatic nitrogens is 2. The van der Waals surface area contributed by atoms with Gasteiger partial charge in [0.2, 0.25) is 17.6 Å². The van der Waals surface area contributed by atoms with Crippen molar-refractivity contribution in [2.75, 3.05) is 24.9 Å². The van der Waals surface area contributed by atoms with Gasteiger partial charge < -0.3 is 24.8 Å². The molecule has 1 unspecified atom stereocenters. The van der Waals surface area contributed by atoms with Crippen molar-refractivity contribution >= 4 is 28.2 Å². The van der Waals surface area contributed by atoms with Crippen molar-refractivity contribution in [2.45, 2.75) is 26.3 Å². The third kappa shape index (κ3) is 5.63. The predicted molar refractivity (Wildman–Crippen MR) is 142 cm³/mol. The Labute approximate surface area is 215 Å². The average molecular weight is 495 g/mol. The van der Waals surface area contributed by atoms with Gasteiger partial charge in [0, 0.05) is 23.2 Å². The van der Waals surface area contributed by atoms with Crippen molar-refractivity contribution < 1.29 is 14.2 Å². The van der Waals surface area contributed by atoms with Crippen LogP contribution in [-0.4, -0.2) is 30.2 Å². The Morgan fingerprint density at radius 3 is 2.27 bits per heavy atom. The molecule has 0 aliphatic rings. The highest BCUT2D eigenvalue weighted by Crippen LogP contribution is 2.45. The van der Waals surface area contributed by atoms with Gasteiger partial charge in [0.25, 0.3) is 0 Å². The Morgan fingerprint density at radius 2 is 1.62 bits per heavy atom. The molecule has 1 heterocycles. The molecule has 4 rings (SSSR count). The first-order chi connectivity index (χ1) is 18.0. The minimum absolute atomic E-state index is 0.171. The maximum Gasteiger partial charge on any atom is 0.232 e. The third-order valence-electron chi connectivity index (χ3n) is 5.75. The zero-order chi connectivity index (χ0) is 26.4. The second kappa shape index (κ2) is 11.1. The van der Waals surface area contributed by atoms with Crippen LogP contribution >= 0.6 is 0 Å². The Morgan fingerprint density at radius 1 is 0.892 bits per heavy atom. The number of ether oxygens (including phenoxy) is 3. The fourth-order valence-corrected chi connectivity index (χ4v) is 3.67. The highest BCUT2D eigenvalue weighted by Gasteiger charge is 2.20. The van der Waals surface area contributed by atoms with E-state index in [2.05, 4.69) is 46.6 Å². The Kier molecular flexibility index (Phi) is 7.56. The number of nitrogens with one attached hydrogen (secondary N) is 2. The highest BCUT2D eigenvalue weighted by atomic mass is 16.5. The van der Waals surface area contributed by atoms with Crippen molar-refractivity contribution in [3.8, 4) is 35.3 Å². The van der Waals surface area contributed by atoms with Crippen LogP contribution in [0.3, 0.4) is 0 Å². The molecule has 0 amide bonds. The van der Waals surface area contributed by atoms with Crippen molar-refractivity contribution in [1.82, 2.24) is 9.97 Å². The quantitative estimate of drug-likeness (QED) is 0.282. The summed E-state index contributed by atoms with van der Waals surface area (Å²) in [7, 11) is 3.09. The summed E-state index contributed by atoms with van der Waals surface area (Å²) in [4.78, 5) is 9.14. The lowest BCUT2D eigenvalue weighted by atomic mass is 10.1. The average Bonchev–Trinajstić information content (AvgIpc) is 2.92. The van der Waals surface area contributed by atoms with Crippen molar-refractivity contribution in [3.05, 3.63) is 65.7 Å². The Balaban J connectivity index is 1.77. The number of rotatable bonds is 9. The van der Waals surface area contributed by atoms with Crippen LogP contribution in [0.4, 0.5) is 17.5 Å². The largest absolute Gasteiger partial charge is 0.493 e. The molecule has 0 saturated heterocycles. The van der Waals surface area contributed by atoms with Crippen LogP contribution in [0.2, 0.25) is 0 Å². The molecule has 0 radical (unpaired) electrons. The van der Waals surface area contributed by atoms with Gasteiger partial charge in [-0.05, 0) is 67.3 Å². The van der Waals surface area contributed by atoms with Gasteiger partial charge in [-0.1, -0.05) is 6.92 Å². The Hall–Kier alpha value is -5.02. The molecule has 37 heavy (non-hydrogen) atoms. The van der Waals surface area contributed by atoms with E-state index < -0.39 is 0 Å². The lowest BCUT2D eigenvalue weighted by Gasteiger charge is -2.18. The molecule has 0 bridgehead atoms. The topological polar surface area (TPSA) is 125 Å². The van der Waals surface area contributed by atoms with Crippen molar-refractivity contribution in [2.24, 2.45) is 0 Å². The number of hydrogen-bond acceptors (Lipinski definition) is 9. The van der Waals surface area contributed by atoms with Gasteiger partial charge in [-0.25, -0.2) is 0 Å². The number of benzene rings is 3. The first-order valence-corrected chi connectivity index (χ1v) is 11.7. The van der Waals surface area contributed by atoms with Gasteiger partial charge in [0.05, 0.1) is 37.5 Å². The van der Waals surface area contributed by atoms with Gasteiger partial charge in [0.15, 0.2) is 11.5 Å². The van der Waals surface area contributed by atoms with E-state index in [1.54, 1.807) is 55.6 Å². The second-order valence-corrected chi connectivity index (χ2v) is 8.27. The molecule has 3 aromatic carbocycles. The highest BCUT2D eigenvalue weighted by molar-refractivity contribution is 5.94. The minimum Gasteiger partial charge on any atom is -0.493 e. The molecule has 2 N–H and O–H groups in total. The summed E-state index contributed by atoms with van der Waals surface area (Å²) in [5, 5.41) is 26.4. The molecule has 186 valence electrons. The molecular formula is C28H26N6O3. The minimum atomic E-state index is 0.171. The molecule has 0 spiro atoms. The normalized spacial score (nSPS) is 11.2. The maximum absolute atomic E-state index is 9.29. The van der Waals surface area contributed by atoms with Crippen LogP contribution in [-0.2, 0) is 0 Å². The number of methoxy groups -OCH3 is 2. The number of nitrogens with zero attached hydrogens (tertiary/aromatic N) is 4. The summed E-state index contributed by atoms with van der Waals surface area (Å²) in [6.07, 6.45) is 0.898. The molecule has 0 saturated carbocycles. The van der Waals surface area contributed by atoms with E-state index in [1.807, 2.05) is 6.07 Å². The zero-order valence-electron chi connectivity index (χ0n) is 21.0. The van der Waals surface area contributed by atoms with Gasteiger partial charge in [0.1, 0.15) is 5.82 Å². The molecule has 0 aliphatic heterocycles. The smallest absolute Gasteiger partial charge is 0.232 e. The fraction of sp³-hybridized carbons (Fsp3) is 0.214. The van der Waals surface area contributed by atoms with Crippen LogP contribution in [0, 0.1) is 22.7 Å². The molecule has 1 atom stereocenters. The number of fused-ring (bicyclic) bond motifs is 1. The van der Waals surface area contributed by atoms with Crippen molar-refractivity contribution in [3.63, 3.8) is 0 Å². The van der Waals surface area contributed by atoms with Gasteiger partial charge in [-0.15, -0.1) is 0 Å². The summed E-state index contributed by atoms with van der Waals surface area (Å²) >= 11 is 0. The van der Waals surface area contributed by atoms with E-state index in [1.165, 1.54) is 7.11 Å². The van der Waals surface area contributed by atoms with Crippen LogP contribution in [0.25, 0.3) is 10.8 Å². The summed E-state index contributed by atoms with van der Waals surface area (Å²) in [6, 6.07) is 20.2. The number of hydrogen-bond donors (Lipinski definition) is 2. The molecule has 9 nitrogen and oxygen atoms in total. The monoisotopic (exact) mass is 494 g/mol. The lowest BCUT2D eigenvalue weighted by Crippen LogP contribution is -2.15. The lowest BCUT2D eigenvalue weighted by molar-refractivity contribution is 0.345. The fourth-order valence-electron chi connectivity index (χ4n) is 3.67. The van der Waals surface area contributed by atoms with E-state index in [0.717, 1.165) is 22.9 Å².